The lowest BCUT2D eigenvalue weighted by Gasteiger charge is -2.25. The van der Waals surface area contributed by atoms with E-state index in [4.69, 9.17) is 4.74 Å². The van der Waals surface area contributed by atoms with Gasteiger partial charge in [0.15, 0.2) is 17.3 Å². The molecule has 9 nitrogen and oxygen atoms in total. The average molecular weight is 446 g/mol. The lowest BCUT2D eigenvalue weighted by Crippen LogP contribution is -2.32. The van der Waals surface area contributed by atoms with E-state index >= 15 is 0 Å². The van der Waals surface area contributed by atoms with Crippen LogP contribution in [0.5, 0.6) is 17.2 Å². The second-order valence-electron chi connectivity index (χ2n) is 7.08. The Balaban J connectivity index is 1.48. The number of rotatable bonds is 3. The molecule has 5 rings (SSSR count). The maximum atomic E-state index is 14.2. The third-order valence-corrected chi connectivity index (χ3v) is 5.02. The van der Waals surface area contributed by atoms with Crippen molar-refractivity contribution >= 4 is 17.4 Å². The molecule has 2 aliphatic heterocycles. The van der Waals surface area contributed by atoms with Crippen molar-refractivity contribution in [3.8, 4) is 17.2 Å². The van der Waals surface area contributed by atoms with E-state index in [1.165, 1.54) is 17.1 Å². The molecule has 0 amide bonds. The number of nitrogens with one attached hydrogen (secondary N) is 1. The molecule has 0 spiro atoms. The molecule has 12 heteroatoms. The molecule has 1 atom stereocenters. The molecule has 0 saturated heterocycles. The second-order valence-corrected chi connectivity index (χ2v) is 7.08. The highest BCUT2D eigenvalue weighted by Gasteiger charge is 2.43. The molecular weight excluding hydrogens is 433 g/mol. The Kier molecular flexibility index (Phi) is 4.32. The predicted molar refractivity (Wildman–Crippen MR) is 101 cm³/mol. The Morgan fingerprint density at radius 1 is 1.25 bits per heavy atom. The van der Waals surface area contributed by atoms with Crippen LogP contribution < -0.4 is 19.5 Å². The van der Waals surface area contributed by atoms with Crippen LogP contribution in [0, 0.1) is 5.82 Å². The fourth-order valence-corrected chi connectivity index (χ4v) is 3.64. The number of Topliss-reactive ketones (excluding diaryl/α,β-unsaturated/α-hetero) is 1. The van der Waals surface area contributed by atoms with Gasteiger partial charge in [-0.05, 0) is 24.3 Å². The molecule has 2 aliphatic rings. The SMILES string of the molecule is Cn1ncnc1C1CNc2cc(F)cc(C(=O)Oc3ccc4c(c3)OC(F)(F)O4)c2C1=O. The van der Waals surface area contributed by atoms with Gasteiger partial charge in [0, 0.05) is 25.3 Å². The van der Waals surface area contributed by atoms with Crippen LogP contribution in [-0.4, -0.2) is 39.4 Å². The number of aromatic nitrogens is 3. The molecule has 0 radical (unpaired) electrons. The van der Waals surface area contributed by atoms with Crippen molar-refractivity contribution in [2.45, 2.75) is 12.2 Å². The molecule has 0 fully saturated rings. The average Bonchev–Trinajstić information content (AvgIpc) is 3.28. The summed E-state index contributed by atoms with van der Waals surface area (Å²) in [6.07, 6.45) is -2.54. The van der Waals surface area contributed by atoms with E-state index in [0.717, 1.165) is 24.3 Å². The summed E-state index contributed by atoms with van der Waals surface area (Å²) >= 11 is 0. The Bertz CT molecular complexity index is 1280. The van der Waals surface area contributed by atoms with Crippen LogP contribution in [-0.2, 0) is 7.05 Å². The van der Waals surface area contributed by atoms with E-state index in [0.29, 0.717) is 5.82 Å². The smallest absolute Gasteiger partial charge is 0.423 e. The number of halogens is 3. The van der Waals surface area contributed by atoms with Gasteiger partial charge in [-0.2, -0.15) is 5.10 Å². The zero-order valence-electron chi connectivity index (χ0n) is 16.3. The summed E-state index contributed by atoms with van der Waals surface area (Å²) in [6, 6.07) is 5.34. The highest BCUT2D eigenvalue weighted by molar-refractivity contribution is 6.14. The first kappa shape index (κ1) is 19.8. The minimum absolute atomic E-state index is 0.0667. The molecule has 32 heavy (non-hydrogen) atoms. The van der Waals surface area contributed by atoms with E-state index in [1.807, 2.05) is 0 Å². The number of carbonyl (C=O) groups excluding carboxylic acids is 2. The van der Waals surface area contributed by atoms with Crippen molar-refractivity contribution in [2.75, 3.05) is 11.9 Å². The lowest BCUT2D eigenvalue weighted by molar-refractivity contribution is -0.286. The fourth-order valence-electron chi connectivity index (χ4n) is 3.64. The first-order valence-corrected chi connectivity index (χ1v) is 9.29. The second kappa shape index (κ2) is 6.97. The summed E-state index contributed by atoms with van der Waals surface area (Å²) in [7, 11) is 1.62. The van der Waals surface area contributed by atoms with Crippen molar-refractivity contribution in [3.63, 3.8) is 0 Å². The summed E-state index contributed by atoms with van der Waals surface area (Å²) in [5.41, 5.74) is -0.263. The van der Waals surface area contributed by atoms with E-state index in [1.54, 1.807) is 7.05 Å². The number of benzene rings is 2. The van der Waals surface area contributed by atoms with Gasteiger partial charge in [0.2, 0.25) is 0 Å². The third kappa shape index (κ3) is 3.29. The number of hydrogen-bond donors (Lipinski definition) is 1. The number of ketones is 1. The normalized spacial score (nSPS) is 18.1. The Labute approximate surface area is 177 Å². The highest BCUT2D eigenvalue weighted by Crippen LogP contribution is 2.43. The number of fused-ring (bicyclic) bond motifs is 2. The summed E-state index contributed by atoms with van der Waals surface area (Å²) in [4.78, 5) is 30.1. The maximum absolute atomic E-state index is 14.2. The molecular formula is C20H13F3N4O5. The lowest BCUT2D eigenvalue weighted by atomic mass is 9.88. The van der Waals surface area contributed by atoms with Gasteiger partial charge in [-0.3, -0.25) is 9.48 Å². The van der Waals surface area contributed by atoms with Crippen LogP contribution in [0.25, 0.3) is 0 Å². The highest BCUT2D eigenvalue weighted by atomic mass is 19.3. The van der Waals surface area contributed by atoms with Crippen molar-refractivity contribution in [1.29, 1.82) is 0 Å². The first-order valence-electron chi connectivity index (χ1n) is 9.29. The van der Waals surface area contributed by atoms with Gasteiger partial charge in [-0.1, -0.05) is 0 Å². The van der Waals surface area contributed by atoms with Crippen molar-refractivity contribution in [1.82, 2.24) is 14.8 Å². The Morgan fingerprint density at radius 2 is 2.03 bits per heavy atom. The summed E-state index contributed by atoms with van der Waals surface area (Å²) in [5, 5.41) is 6.88. The number of ether oxygens (including phenoxy) is 3. The van der Waals surface area contributed by atoms with Gasteiger partial charge in [-0.25, -0.2) is 14.2 Å². The first-order chi connectivity index (χ1) is 15.2. The van der Waals surface area contributed by atoms with Gasteiger partial charge < -0.3 is 19.5 Å². The minimum atomic E-state index is -3.83. The molecule has 1 N–H and O–H groups in total. The van der Waals surface area contributed by atoms with Gasteiger partial charge >= 0.3 is 12.3 Å². The zero-order valence-corrected chi connectivity index (χ0v) is 16.3. The van der Waals surface area contributed by atoms with Crippen molar-refractivity contribution in [2.24, 2.45) is 7.05 Å². The fraction of sp³-hybridized carbons (Fsp3) is 0.200. The quantitative estimate of drug-likeness (QED) is 0.484. The predicted octanol–water partition coefficient (Wildman–Crippen LogP) is 2.89. The summed E-state index contributed by atoms with van der Waals surface area (Å²) < 4.78 is 55.8. The van der Waals surface area contributed by atoms with Crippen LogP contribution in [0.15, 0.2) is 36.7 Å². The van der Waals surface area contributed by atoms with Gasteiger partial charge in [-0.15, -0.1) is 8.78 Å². The Morgan fingerprint density at radius 3 is 2.78 bits per heavy atom. The number of carbonyl (C=O) groups is 2. The maximum Gasteiger partial charge on any atom is 0.586 e. The van der Waals surface area contributed by atoms with Crippen LogP contribution in [0.1, 0.15) is 32.5 Å². The van der Waals surface area contributed by atoms with E-state index in [9.17, 15) is 22.8 Å². The van der Waals surface area contributed by atoms with Gasteiger partial charge in [0.25, 0.3) is 0 Å². The number of nitrogens with zero attached hydrogens (tertiary/aromatic N) is 3. The number of anilines is 1. The zero-order chi connectivity index (χ0) is 22.6. The van der Waals surface area contributed by atoms with Crippen molar-refractivity contribution in [3.05, 3.63) is 59.4 Å². The van der Waals surface area contributed by atoms with E-state index in [2.05, 4.69) is 24.9 Å². The van der Waals surface area contributed by atoms with Crippen LogP contribution in [0.4, 0.5) is 18.9 Å². The Hall–Kier alpha value is -4.09. The summed E-state index contributed by atoms with van der Waals surface area (Å²) in [6.45, 7) is 0.132. The van der Waals surface area contributed by atoms with E-state index < -0.39 is 29.8 Å². The van der Waals surface area contributed by atoms with Crippen LogP contribution in [0.3, 0.4) is 0 Å². The molecule has 164 valence electrons. The largest absolute Gasteiger partial charge is 0.586 e. The molecule has 1 aromatic heterocycles. The van der Waals surface area contributed by atoms with Crippen LogP contribution in [0.2, 0.25) is 0 Å². The molecule has 3 heterocycles. The third-order valence-electron chi connectivity index (χ3n) is 5.02. The number of alkyl halides is 2. The van der Waals surface area contributed by atoms with Crippen molar-refractivity contribution < 1.29 is 37.0 Å². The van der Waals surface area contributed by atoms with Gasteiger partial charge in [0.05, 0.1) is 17.0 Å². The molecule has 2 aromatic carbocycles. The van der Waals surface area contributed by atoms with Gasteiger partial charge in [0.1, 0.15) is 23.7 Å². The molecule has 0 bridgehead atoms. The molecule has 0 aliphatic carbocycles. The monoisotopic (exact) mass is 446 g/mol. The topological polar surface area (TPSA) is 105 Å². The van der Waals surface area contributed by atoms with Crippen LogP contribution >= 0.6 is 0 Å². The molecule has 0 saturated carbocycles. The molecule has 1 unspecified atom stereocenters. The standard InChI is InChI=1S/C20H13F3N4O5/c1-27-18(25-8-26-27)12-7-24-13-5-9(21)4-11(16(13)17(12)28)19(29)30-10-2-3-14-15(6-10)32-20(22,23)31-14/h2-6,8,12,24H,7H2,1H3. The number of esters is 1. The number of aryl methyl sites for hydroxylation is 1. The molecule has 3 aromatic rings. The number of hydrogen-bond acceptors (Lipinski definition) is 8. The van der Waals surface area contributed by atoms with E-state index in [-0.39, 0.29) is 40.6 Å². The minimum Gasteiger partial charge on any atom is -0.423 e. The summed E-state index contributed by atoms with van der Waals surface area (Å²) in [5.74, 6) is -3.40.